The van der Waals surface area contributed by atoms with Crippen LogP contribution in [0.25, 0.3) is 11.1 Å². The Kier molecular flexibility index (Phi) is 5.29. The lowest BCUT2D eigenvalue weighted by atomic mass is 9.79. The third kappa shape index (κ3) is 4.15. The normalized spacial score (nSPS) is 22.4. The van der Waals surface area contributed by atoms with E-state index in [1.807, 2.05) is 0 Å². The van der Waals surface area contributed by atoms with E-state index in [-0.39, 0.29) is 24.0 Å². The molecule has 1 saturated carbocycles. The molecule has 9 heteroatoms. The van der Waals surface area contributed by atoms with E-state index in [4.69, 9.17) is 14.1 Å². The van der Waals surface area contributed by atoms with Gasteiger partial charge in [0.2, 0.25) is 15.9 Å². The van der Waals surface area contributed by atoms with Crippen LogP contribution in [0.1, 0.15) is 42.2 Å². The predicted octanol–water partition coefficient (Wildman–Crippen LogP) is 4.40. The topological polar surface area (TPSA) is 81.4 Å². The van der Waals surface area contributed by atoms with Crippen molar-refractivity contribution in [1.82, 2.24) is 9.71 Å². The first-order valence-corrected chi connectivity index (χ1v) is 12.7. The highest BCUT2D eigenvalue weighted by molar-refractivity contribution is 7.88. The number of oxazole rings is 1. The second-order valence-electron chi connectivity index (χ2n) is 9.03. The summed E-state index contributed by atoms with van der Waals surface area (Å²) in [5.41, 5.74) is 1.36. The molecule has 1 aromatic heterocycles. The van der Waals surface area contributed by atoms with Crippen LogP contribution in [0.4, 0.5) is 8.78 Å². The van der Waals surface area contributed by atoms with Crippen LogP contribution in [0.3, 0.4) is 0 Å². The van der Waals surface area contributed by atoms with Gasteiger partial charge in [-0.25, -0.2) is 26.9 Å². The molecule has 0 radical (unpaired) electrons. The summed E-state index contributed by atoms with van der Waals surface area (Å²) in [4.78, 5) is 4.70. The molecule has 2 atom stereocenters. The van der Waals surface area contributed by atoms with E-state index in [9.17, 15) is 17.2 Å². The molecular formula is C24H24F2N2O4S. The van der Waals surface area contributed by atoms with Crippen molar-refractivity contribution < 1.29 is 26.4 Å². The average molecular weight is 475 g/mol. The standard InChI is InChI=1S/C24H24F2N2O4S/c1-14-21-13-31-22-17(4-3-5-20(22)26)18-10-15(6-7-19(18)25)11-24(23(27-21)32-14)9-8-16(12-24)28-33(2,29)30/h3-7,10,16,28H,8-9,11-13H2,1-2H3/t16-,24+/m0/s1. The molecule has 1 spiro atoms. The molecule has 1 N–H and O–H groups in total. The van der Waals surface area contributed by atoms with Crippen molar-refractivity contribution in [3.8, 4) is 16.9 Å². The number of hydrogen-bond acceptors (Lipinski definition) is 5. The number of benzene rings is 2. The fourth-order valence-corrected chi connectivity index (χ4v) is 5.84. The lowest BCUT2D eigenvalue weighted by Gasteiger charge is -2.27. The number of aromatic nitrogens is 1. The first-order valence-electron chi connectivity index (χ1n) is 10.8. The Hall–Kier alpha value is -2.78. The number of hydrogen-bond donors (Lipinski definition) is 1. The minimum absolute atomic E-state index is 0.0360. The monoisotopic (exact) mass is 474 g/mol. The SMILES string of the molecule is Cc1oc2nc1COc1c(F)cccc1-c1cc(ccc1F)C[C@@]21CC[C@H](NS(C)(=O)=O)C1. The lowest BCUT2D eigenvalue weighted by Crippen LogP contribution is -2.35. The lowest BCUT2D eigenvalue weighted by molar-refractivity contribution is 0.285. The molecule has 1 aliphatic heterocycles. The largest absolute Gasteiger partial charge is 0.483 e. The second-order valence-corrected chi connectivity index (χ2v) is 10.8. The van der Waals surface area contributed by atoms with Crippen LogP contribution < -0.4 is 9.46 Å². The predicted molar refractivity (Wildman–Crippen MR) is 118 cm³/mol. The van der Waals surface area contributed by atoms with Gasteiger partial charge in [-0.1, -0.05) is 18.2 Å². The zero-order chi connectivity index (χ0) is 23.4. The van der Waals surface area contributed by atoms with E-state index >= 15 is 0 Å². The Bertz CT molecular complexity index is 1340. The number of sulfonamides is 1. The van der Waals surface area contributed by atoms with E-state index in [2.05, 4.69) is 4.72 Å². The van der Waals surface area contributed by atoms with Crippen LogP contribution in [0, 0.1) is 18.6 Å². The first-order chi connectivity index (χ1) is 15.6. The number of fused-ring (bicyclic) bond motifs is 7. The highest BCUT2D eigenvalue weighted by Gasteiger charge is 2.45. The van der Waals surface area contributed by atoms with Gasteiger partial charge < -0.3 is 9.15 Å². The maximum absolute atomic E-state index is 14.9. The van der Waals surface area contributed by atoms with E-state index < -0.39 is 27.1 Å². The van der Waals surface area contributed by atoms with E-state index in [0.29, 0.717) is 48.6 Å². The minimum atomic E-state index is -3.37. The number of nitrogens with one attached hydrogen (secondary N) is 1. The second kappa shape index (κ2) is 7.92. The fraction of sp³-hybridized carbons (Fsp3) is 0.375. The molecule has 174 valence electrons. The van der Waals surface area contributed by atoms with Crippen molar-refractivity contribution in [1.29, 1.82) is 0 Å². The van der Waals surface area contributed by atoms with Gasteiger partial charge in [-0.15, -0.1) is 0 Å². The third-order valence-corrected chi connectivity index (χ3v) is 7.28. The van der Waals surface area contributed by atoms with Crippen molar-refractivity contribution in [2.75, 3.05) is 6.26 Å². The van der Waals surface area contributed by atoms with Crippen LogP contribution in [-0.2, 0) is 28.5 Å². The number of rotatable bonds is 2. The average Bonchev–Trinajstić information content (AvgIpc) is 3.31. The van der Waals surface area contributed by atoms with Crippen LogP contribution in [0.2, 0.25) is 0 Å². The minimum Gasteiger partial charge on any atom is -0.483 e. The Morgan fingerprint density at radius 3 is 2.76 bits per heavy atom. The van der Waals surface area contributed by atoms with E-state index in [1.165, 1.54) is 18.2 Å². The quantitative estimate of drug-likeness (QED) is 0.595. The maximum atomic E-state index is 14.9. The molecule has 3 aromatic rings. The van der Waals surface area contributed by atoms with Crippen LogP contribution in [0.5, 0.6) is 5.75 Å². The molecule has 0 unspecified atom stereocenters. The van der Waals surface area contributed by atoms with Crippen LogP contribution >= 0.6 is 0 Å². The molecule has 6 nitrogen and oxygen atoms in total. The van der Waals surface area contributed by atoms with Crippen molar-refractivity contribution in [2.24, 2.45) is 0 Å². The van der Waals surface area contributed by atoms with Crippen molar-refractivity contribution in [3.05, 3.63) is 70.9 Å². The van der Waals surface area contributed by atoms with Gasteiger partial charge in [-0.2, -0.15) is 0 Å². The molecule has 0 amide bonds. The van der Waals surface area contributed by atoms with Crippen LogP contribution in [-0.4, -0.2) is 25.7 Å². The summed E-state index contributed by atoms with van der Waals surface area (Å²) in [6.45, 7) is 1.73. The van der Waals surface area contributed by atoms with Gasteiger partial charge in [0.25, 0.3) is 0 Å². The summed E-state index contributed by atoms with van der Waals surface area (Å²) in [5, 5.41) is 0. The Labute approximate surface area is 191 Å². The third-order valence-electron chi connectivity index (χ3n) is 6.52. The smallest absolute Gasteiger partial charge is 0.208 e. The summed E-state index contributed by atoms with van der Waals surface area (Å²) in [7, 11) is -3.37. The fourth-order valence-electron chi connectivity index (χ4n) is 5.04. The number of nitrogens with zero attached hydrogens (tertiary/aromatic N) is 1. The van der Waals surface area contributed by atoms with E-state index in [1.54, 1.807) is 25.1 Å². The van der Waals surface area contributed by atoms with Crippen LogP contribution in [0.15, 0.2) is 40.8 Å². The summed E-state index contributed by atoms with van der Waals surface area (Å²) in [6.07, 6.45) is 3.40. The zero-order valence-electron chi connectivity index (χ0n) is 18.3. The first kappa shape index (κ1) is 22.0. The zero-order valence-corrected chi connectivity index (χ0v) is 19.1. The Morgan fingerprint density at radius 1 is 1.15 bits per heavy atom. The molecule has 33 heavy (non-hydrogen) atoms. The Balaban J connectivity index is 1.65. The summed E-state index contributed by atoms with van der Waals surface area (Å²) in [5.74, 6) is -0.0467. The summed E-state index contributed by atoms with van der Waals surface area (Å²) >= 11 is 0. The van der Waals surface area contributed by atoms with Crippen molar-refractivity contribution in [3.63, 3.8) is 0 Å². The molecule has 4 bridgehead atoms. The number of para-hydroxylation sites is 1. The number of aryl methyl sites for hydroxylation is 1. The van der Waals surface area contributed by atoms with Gasteiger partial charge in [-0.3, -0.25) is 0 Å². The van der Waals surface area contributed by atoms with Crippen molar-refractivity contribution >= 4 is 10.0 Å². The molecular weight excluding hydrogens is 450 g/mol. The molecule has 2 aliphatic rings. The summed E-state index contributed by atoms with van der Waals surface area (Å²) in [6, 6.07) is 8.94. The molecule has 2 aromatic carbocycles. The van der Waals surface area contributed by atoms with Gasteiger partial charge in [0, 0.05) is 17.2 Å². The van der Waals surface area contributed by atoms with Gasteiger partial charge in [-0.05, 0) is 56.4 Å². The maximum Gasteiger partial charge on any atom is 0.208 e. The molecule has 5 rings (SSSR count). The van der Waals surface area contributed by atoms with Gasteiger partial charge in [0.05, 0.1) is 11.7 Å². The number of halogens is 2. The molecule has 1 aliphatic carbocycles. The van der Waals surface area contributed by atoms with Crippen molar-refractivity contribution in [2.45, 2.75) is 50.7 Å². The Morgan fingerprint density at radius 2 is 1.97 bits per heavy atom. The van der Waals surface area contributed by atoms with Gasteiger partial charge >= 0.3 is 0 Å². The highest BCUT2D eigenvalue weighted by atomic mass is 32.2. The molecule has 2 heterocycles. The van der Waals surface area contributed by atoms with Gasteiger partial charge in [0.1, 0.15) is 23.9 Å². The van der Waals surface area contributed by atoms with Gasteiger partial charge in [0.15, 0.2) is 11.6 Å². The molecule has 1 fully saturated rings. The van der Waals surface area contributed by atoms with E-state index in [0.717, 1.165) is 11.8 Å². The molecule has 0 saturated heterocycles. The highest BCUT2D eigenvalue weighted by Crippen LogP contribution is 2.45. The summed E-state index contributed by atoms with van der Waals surface area (Å²) < 4.78 is 67.8. The number of ether oxygens (including phenoxy) is 1.